The molecule has 0 heterocycles. The van der Waals surface area contributed by atoms with Crippen molar-refractivity contribution in [1.82, 2.24) is 0 Å². The molecule has 0 radical (unpaired) electrons. The number of nitrogens with zero attached hydrogens (tertiary/aromatic N) is 1. The maximum absolute atomic E-state index is 7.02. The lowest BCUT2D eigenvalue weighted by molar-refractivity contribution is 0.794. The van der Waals surface area contributed by atoms with Crippen molar-refractivity contribution in [2.24, 2.45) is 0 Å². The minimum atomic E-state index is -0.387. The fourth-order valence-corrected chi connectivity index (χ4v) is 7.80. The van der Waals surface area contributed by atoms with E-state index >= 15 is 0 Å². The van der Waals surface area contributed by atoms with Crippen LogP contribution < -0.4 is 10.6 Å². The summed E-state index contributed by atoms with van der Waals surface area (Å²) in [5.74, 6) is 0. The molecule has 212 valence electrons. The van der Waals surface area contributed by atoms with Crippen molar-refractivity contribution >= 4 is 22.7 Å². The minimum absolute atomic E-state index is 0.387. The molecule has 0 bridgehead atoms. The SMILES string of the molecule is Nc1cc2c(cc1-c1ccc(N(c3ccccc3)c3ccccc3)cc1)-c1ccccc1C21c2ccccc2-c2ccccc21. The van der Waals surface area contributed by atoms with E-state index in [0.717, 1.165) is 33.9 Å². The molecule has 0 saturated heterocycles. The lowest BCUT2D eigenvalue weighted by atomic mass is 9.70. The van der Waals surface area contributed by atoms with Crippen LogP contribution in [0.25, 0.3) is 33.4 Å². The van der Waals surface area contributed by atoms with Gasteiger partial charge in [-0.2, -0.15) is 0 Å². The van der Waals surface area contributed by atoms with Crippen LogP contribution in [0.5, 0.6) is 0 Å². The maximum atomic E-state index is 7.02. The monoisotopic (exact) mass is 574 g/mol. The molecule has 0 aromatic heterocycles. The Kier molecular flexibility index (Phi) is 5.60. The first-order chi connectivity index (χ1) is 22.2. The minimum Gasteiger partial charge on any atom is -0.398 e. The quantitative estimate of drug-likeness (QED) is 0.212. The van der Waals surface area contributed by atoms with Gasteiger partial charge in [0.25, 0.3) is 0 Å². The first-order valence-corrected chi connectivity index (χ1v) is 15.5. The summed E-state index contributed by atoms with van der Waals surface area (Å²) in [5.41, 5.74) is 23.3. The number of rotatable bonds is 4. The van der Waals surface area contributed by atoms with Gasteiger partial charge in [-0.15, -0.1) is 0 Å². The predicted octanol–water partition coefficient (Wildman–Crippen LogP) is 10.7. The first-order valence-electron chi connectivity index (χ1n) is 15.5. The van der Waals surface area contributed by atoms with Gasteiger partial charge in [-0.3, -0.25) is 0 Å². The van der Waals surface area contributed by atoms with Gasteiger partial charge in [0.05, 0.1) is 5.41 Å². The van der Waals surface area contributed by atoms with Crippen LogP contribution in [-0.4, -0.2) is 0 Å². The number of hydrogen-bond donors (Lipinski definition) is 1. The van der Waals surface area contributed by atoms with Crippen LogP contribution in [-0.2, 0) is 5.41 Å². The van der Waals surface area contributed by atoms with Crippen molar-refractivity contribution in [3.8, 4) is 33.4 Å². The van der Waals surface area contributed by atoms with Crippen LogP contribution in [0.15, 0.2) is 170 Å². The largest absolute Gasteiger partial charge is 0.398 e. The average Bonchev–Trinajstić information content (AvgIpc) is 3.56. The average molecular weight is 575 g/mol. The topological polar surface area (TPSA) is 29.3 Å². The summed E-state index contributed by atoms with van der Waals surface area (Å²) in [4.78, 5) is 2.28. The van der Waals surface area contributed by atoms with E-state index in [4.69, 9.17) is 5.73 Å². The maximum Gasteiger partial charge on any atom is 0.0726 e. The number of benzene rings is 7. The molecule has 0 atom stereocenters. The van der Waals surface area contributed by atoms with E-state index in [0.29, 0.717) is 0 Å². The molecule has 2 heteroatoms. The van der Waals surface area contributed by atoms with Crippen molar-refractivity contribution < 1.29 is 0 Å². The highest BCUT2D eigenvalue weighted by Crippen LogP contribution is 2.63. The molecule has 9 rings (SSSR count). The van der Waals surface area contributed by atoms with Crippen molar-refractivity contribution in [3.63, 3.8) is 0 Å². The van der Waals surface area contributed by atoms with Crippen LogP contribution in [0.2, 0.25) is 0 Å². The van der Waals surface area contributed by atoms with Gasteiger partial charge in [0.15, 0.2) is 0 Å². The fraction of sp³-hybridized carbons (Fsp3) is 0.0233. The summed E-state index contributed by atoms with van der Waals surface area (Å²) in [6.45, 7) is 0. The van der Waals surface area contributed by atoms with Crippen LogP contribution >= 0.6 is 0 Å². The molecule has 0 fully saturated rings. The second kappa shape index (κ2) is 9.83. The first kappa shape index (κ1) is 25.6. The summed E-state index contributed by atoms with van der Waals surface area (Å²) in [6.07, 6.45) is 0. The smallest absolute Gasteiger partial charge is 0.0726 e. The highest BCUT2D eigenvalue weighted by atomic mass is 15.1. The van der Waals surface area contributed by atoms with Gasteiger partial charge in [0.2, 0.25) is 0 Å². The molecule has 2 aliphatic rings. The Morgan fingerprint density at radius 3 is 1.29 bits per heavy atom. The molecule has 1 spiro atoms. The fourth-order valence-electron chi connectivity index (χ4n) is 7.80. The zero-order valence-electron chi connectivity index (χ0n) is 24.7. The second-order valence-electron chi connectivity index (χ2n) is 11.9. The van der Waals surface area contributed by atoms with Gasteiger partial charge in [0, 0.05) is 28.3 Å². The third-order valence-corrected chi connectivity index (χ3v) is 9.63. The van der Waals surface area contributed by atoms with E-state index in [1.54, 1.807) is 0 Å². The summed E-state index contributed by atoms with van der Waals surface area (Å²) < 4.78 is 0. The predicted molar refractivity (Wildman–Crippen MR) is 187 cm³/mol. The van der Waals surface area contributed by atoms with E-state index in [1.165, 1.54) is 44.5 Å². The summed E-state index contributed by atoms with van der Waals surface area (Å²) in [6, 6.07) is 61.0. The van der Waals surface area contributed by atoms with Crippen molar-refractivity contribution in [1.29, 1.82) is 0 Å². The summed E-state index contributed by atoms with van der Waals surface area (Å²) in [5, 5.41) is 0. The number of nitrogen functional groups attached to an aromatic ring is 1. The van der Waals surface area contributed by atoms with E-state index in [1.807, 2.05) is 0 Å². The Morgan fingerprint density at radius 2 is 0.778 bits per heavy atom. The Balaban J connectivity index is 1.21. The Labute approximate surface area is 263 Å². The second-order valence-corrected chi connectivity index (χ2v) is 11.9. The molecule has 7 aromatic carbocycles. The molecule has 2 aliphatic carbocycles. The number of para-hydroxylation sites is 2. The molecule has 0 unspecified atom stereocenters. The molecule has 0 aliphatic heterocycles. The molecule has 0 saturated carbocycles. The van der Waals surface area contributed by atoms with E-state index in [2.05, 4.69) is 175 Å². The summed E-state index contributed by atoms with van der Waals surface area (Å²) in [7, 11) is 0. The van der Waals surface area contributed by atoms with Gasteiger partial charge in [-0.05, 0) is 98.6 Å². The van der Waals surface area contributed by atoms with E-state index < -0.39 is 0 Å². The molecular formula is C43H30N2. The van der Waals surface area contributed by atoms with Gasteiger partial charge in [-0.1, -0.05) is 121 Å². The van der Waals surface area contributed by atoms with Gasteiger partial charge < -0.3 is 10.6 Å². The Bertz CT molecular complexity index is 2130. The van der Waals surface area contributed by atoms with Crippen LogP contribution in [0.1, 0.15) is 22.3 Å². The number of anilines is 4. The van der Waals surface area contributed by atoms with E-state index in [-0.39, 0.29) is 5.41 Å². The van der Waals surface area contributed by atoms with Crippen LogP contribution in [0, 0.1) is 0 Å². The molecule has 0 amide bonds. The van der Waals surface area contributed by atoms with Crippen LogP contribution in [0.4, 0.5) is 22.7 Å². The Morgan fingerprint density at radius 1 is 0.356 bits per heavy atom. The van der Waals surface area contributed by atoms with E-state index in [9.17, 15) is 0 Å². The highest BCUT2D eigenvalue weighted by Gasteiger charge is 2.51. The lowest BCUT2D eigenvalue weighted by Gasteiger charge is -2.30. The molecule has 2 nitrogen and oxygen atoms in total. The van der Waals surface area contributed by atoms with Gasteiger partial charge >= 0.3 is 0 Å². The Hall–Kier alpha value is -5.86. The third-order valence-electron chi connectivity index (χ3n) is 9.63. The lowest BCUT2D eigenvalue weighted by Crippen LogP contribution is -2.26. The number of nitrogens with two attached hydrogens (primary N) is 1. The molecule has 45 heavy (non-hydrogen) atoms. The van der Waals surface area contributed by atoms with Crippen molar-refractivity contribution in [3.05, 3.63) is 192 Å². The standard InChI is InChI=1S/C43H30N2/c44-42-28-41-37(35-19-9-12-22-40(35)43(41)38-20-10-7-17-33(38)34-18-8-11-21-39(34)43)27-36(42)29-23-25-32(26-24-29)45(30-13-3-1-4-14-30)31-15-5-2-6-16-31/h1-28H,44H2. The third kappa shape index (κ3) is 3.63. The van der Waals surface area contributed by atoms with Crippen molar-refractivity contribution in [2.75, 3.05) is 10.6 Å². The number of fused-ring (bicyclic) bond motifs is 10. The van der Waals surface area contributed by atoms with Crippen LogP contribution in [0.3, 0.4) is 0 Å². The highest BCUT2D eigenvalue weighted by molar-refractivity contribution is 5.98. The zero-order chi connectivity index (χ0) is 30.0. The molecular weight excluding hydrogens is 544 g/mol. The molecule has 2 N–H and O–H groups in total. The van der Waals surface area contributed by atoms with Gasteiger partial charge in [0.1, 0.15) is 0 Å². The number of hydrogen-bond acceptors (Lipinski definition) is 2. The van der Waals surface area contributed by atoms with Gasteiger partial charge in [-0.25, -0.2) is 0 Å². The summed E-state index contributed by atoms with van der Waals surface area (Å²) >= 11 is 0. The normalized spacial score (nSPS) is 13.2. The van der Waals surface area contributed by atoms with Crippen molar-refractivity contribution in [2.45, 2.75) is 5.41 Å². The molecule has 7 aromatic rings. The zero-order valence-corrected chi connectivity index (χ0v) is 24.7.